The number of aliphatic imine (C=N–C) groups is 2. The number of benzene rings is 1. The molecule has 0 bridgehead atoms. The summed E-state index contributed by atoms with van der Waals surface area (Å²) < 4.78 is 14.1. The molecule has 1 aromatic carbocycles. The van der Waals surface area contributed by atoms with Crippen LogP contribution in [0.3, 0.4) is 0 Å². The van der Waals surface area contributed by atoms with Crippen LogP contribution in [0.5, 0.6) is 0 Å². The Morgan fingerprint density at radius 3 is 2.35 bits per heavy atom. The van der Waals surface area contributed by atoms with Gasteiger partial charge in [-0.15, -0.1) is 6.58 Å². The van der Waals surface area contributed by atoms with Gasteiger partial charge in [0.05, 0.1) is 11.8 Å². The van der Waals surface area contributed by atoms with Crippen LogP contribution in [0.15, 0.2) is 93.9 Å². The maximum Gasteiger partial charge on any atom is 0.123 e. The molecule has 4 nitrogen and oxygen atoms in total. The van der Waals surface area contributed by atoms with Crippen molar-refractivity contribution >= 4 is 18.0 Å². The van der Waals surface area contributed by atoms with Crippen LogP contribution < -0.4 is 11.1 Å². The zero-order valence-electron chi connectivity index (χ0n) is 28.9. The van der Waals surface area contributed by atoms with Gasteiger partial charge < -0.3 is 11.1 Å². The minimum Gasteiger partial charge on any atom is -0.402 e. The molecule has 1 atom stereocenters. The molecule has 1 aliphatic carbocycles. The van der Waals surface area contributed by atoms with Gasteiger partial charge in [-0.05, 0) is 79.5 Å². The second-order valence-electron chi connectivity index (χ2n) is 11.6. The van der Waals surface area contributed by atoms with Crippen molar-refractivity contribution in [2.75, 3.05) is 7.05 Å². The first-order valence-corrected chi connectivity index (χ1v) is 15.7. The summed E-state index contributed by atoms with van der Waals surface area (Å²) in [7, 11) is 1.73. The number of aryl methyl sites for hydroxylation is 1. The molecular weight excluding hydrogens is 531 g/mol. The highest BCUT2D eigenvalue weighted by molar-refractivity contribution is 6.05. The highest BCUT2D eigenvalue weighted by Crippen LogP contribution is 2.29. The Balaban J connectivity index is 0.00000331. The molecule has 5 heteroatoms. The third kappa shape index (κ3) is 13.1. The average molecular weight is 591 g/mol. The zero-order chi connectivity index (χ0) is 33.2. The fourth-order valence-electron chi connectivity index (χ4n) is 4.26. The molecule has 1 unspecified atom stereocenters. The van der Waals surface area contributed by atoms with Crippen molar-refractivity contribution in [2.45, 2.75) is 101 Å². The summed E-state index contributed by atoms with van der Waals surface area (Å²) in [5, 5.41) is 3.65. The van der Waals surface area contributed by atoms with Gasteiger partial charge in [-0.1, -0.05) is 92.7 Å². The van der Waals surface area contributed by atoms with Crippen LogP contribution in [0.25, 0.3) is 6.08 Å². The average Bonchev–Trinajstić information content (AvgIpc) is 2.93. The summed E-state index contributed by atoms with van der Waals surface area (Å²) >= 11 is 0. The Kier molecular flexibility index (Phi) is 18.8. The highest BCUT2D eigenvalue weighted by atomic mass is 19.1. The molecule has 1 aliphatic rings. The van der Waals surface area contributed by atoms with Crippen LogP contribution in [0.1, 0.15) is 99.6 Å². The minimum atomic E-state index is -0.247. The second kappa shape index (κ2) is 20.4. The number of nitrogens with zero attached hydrogens (tertiary/aromatic N) is 2. The monoisotopic (exact) mass is 590 g/mol. The number of hydrogen-bond acceptors (Lipinski definition) is 4. The number of nitrogens with one attached hydrogen (secondary N) is 1. The van der Waals surface area contributed by atoms with E-state index in [1.165, 1.54) is 12.5 Å². The normalized spacial score (nSPS) is 17.0. The number of rotatable bonds is 11. The molecule has 3 N–H and O–H groups in total. The fraction of sp³-hybridized carbons (Fsp3) is 0.474. The van der Waals surface area contributed by atoms with E-state index < -0.39 is 0 Å². The maximum absolute atomic E-state index is 14.1. The Morgan fingerprint density at radius 1 is 1.19 bits per heavy atom. The van der Waals surface area contributed by atoms with E-state index in [0.717, 1.165) is 58.5 Å². The number of fused-ring (bicyclic) bond motifs is 1. The van der Waals surface area contributed by atoms with Crippen LogP contribution >= 0.6 is 0 Å². The van der Waals surface area contributed by atoms with Gasteiger partial charge in [0.2, 0.25) is 0 Å². The van der Waals surface area contributed by atoms with Gasteiger partial charge in [0.1, 0.15) is 5.82 Å². The first-order chi connectivity index (χ1) is 20.3. The van der Waals surface area contributed by atoms with Crippen LogP contribution in [-0.2, 0) is 6.42 Å². The third-order valence-electron chi connectivity index (χ3n) is 6.98. The van der Waals surface area contributed by atoms with Gasteiger partial charge in [0.15, 0.2) is 0 Å². The predicted molar refractivity (Wildman–Crippen MR) is 191 cm³/mol. The van der Waals surface area contributed by atoms with E-state index in [1.807, 2.05) is 52.1 Å². The number of nitrogens with two attached hydrogens (primary N) is 1. The van der Waals surface area contributed by atoms with Gasteiger partial charge in [-0.25, -0.2) is 4.39 Å². The summed E-state index contributed by atoms with van der Waals surface area (Å²) in [6, 6.07) is 4.86. The lowest BCUT2D eigenvalue weighted by Crippen LogP contribution is -2.44. The van der Waals surface area contributed by atoms with Crippen molar-refractivity contribution in [3.63, 3.8) is 0 Å². The number of halogens is 1. The third-order valence-corrected chi connectivity index (χ3v) is 6.98. The molecule has 43 heavy (non-hydrogen) atoms. The highest BCUT2D eigenvalue weighted by Gasteiger charge is 2.27. The Morgan fingerprint density at radius 2 is 1.81 bits per heavy atom. The molecular formula is C38H59FN4. The summed E-state index contributed by atoms with van der Waals surface area (Å²) in [5.41, 5.74) is 13.3. The summed E-state index contributed by atoms with van der Waals surface area (Å²) in [6.45, 7) is 29.0. The molecule has 0 aliphatic heterocycles. The Bertz CT molecular complexity index is 1220. The Hall–Kier alpha value is -3.47. The molecule has 2 rings (SSSR count). The first-order valence-electron chi connectivity index (χ1n) is 15.7. The lowest BCUT2D eigenvalue weighted by Gasteiger charge is -2.33. The first kappa shape index (κ1) is 39.5. The van der Waals surface area contributed by atoms with Gasteiger partial charge in [0, 0.05) is 41.8 Å². The largest absolute Gasteiger partial charge is 0.402 e. The van der Waals surface area contributed by atoms with Crippen molar-refractivity contribution in [3.8, 4) is 0 Å². The van der Waals surface area contributed by atoms with E-state index in [4.69, 9.17) is 10.7 Å². The van der Waals surface area contributed by atoms with Crippen LogP contribution in [0, 0.1) is 17.2 Å². The molecule has 0 spiro atoms. The zero-order valence-corrected chi connectivity index (χ0v) is 28.9. The molecule has 238 valence electrons. The van der Waals surface area contributed by atoms with Gasteiger partial charge >= 0.3 is 0 Å². The number of allylic oxidation sites excluding steroid dienone is 7. The molecule has 0 radical (unpaired) electrons. The van der Waals surface area contributed by atoms with Crippen molar-refractivity contribution in [1.29, 1.82) is 0 Å². The minimum absolute atomic E-state index is 0.113. The van der Waals surface area contributed by atoms with E-state index in [-0.39, 0.29) is 23.2 Å². The quantitative estimate of drug-likeness (QED) is 0.199. The maximum atomic E-state index is 14.1. The van der Waals surface area contributed by atoms with Crippen LogP contribution in [0.4, 0.5) is 4.39 Å². The SMILES string of the molecule is C=CCC(C)(C)C(=C)NC(C(=N/C=C(C=NC)\C1=C\c2cc(F)ccc2CC\C=C/1)/C(C)=C(\C)N)C(C)C.CC.CCC. The van der Waals surface area contributed by atoms with E-state index in [0.29, 0.717) is 5.70 Å². The van der Waals surface area contributed by atoms with Crippen molar-refractivity contribution < 1.29 is 4.39 Å². The molecule has 0 saturated heterocycles. The summed E-state index contributed by atoms with van der Waals surface area (Å²) in [6.07, 6.45) is 15.5. The molecule has 0 heterocycles. The summed E-state index contributed by atoms with van der Waals surface area (Å²) in [5.74, 6) is -0.0325. The van der Waals surface area contributed by atoms with Crippen LogP contribution in [-0.4, -0.2) is 25.0 Å². The molecule has 0 aromatic heterocycles. The van der Waals surface area contributed by atoms with Gasteiger partial charge in [-0.2, -0.15) is 0 Å². The number of hydrogen-bond donors (Lipinski definition) is 2. The van der Waals surface area contributed by atoms with Gasteiger partial charge in [-0.3, -0.25) is 9.98 Å². The van der Waals surface area contributed by atoms with Crippen molar-refractivity contribution in [2.24, 2.45) is 27.1 Å². The van der Waals surface area contributed by atoms with Crippen LogP contribution in [0.2, 0.25) is 0 Å². The topological polar surface area (TPSA) is 62.8 Å². The van der Waals surface area contributed by atoms with Crippen molar-refractivity contribution in [1.82, 2.24) is 5.32 Å². The second-order valence-corrected chi connectivity index (χ2v) is 11.6. The lowest BCUT2D eigenvalue weighted by molar-refractivity contribution is 0.393. The predicted octanol–water partition coefficient (Wildman–Crippen LogP) is 10.2. The smallest absolute Gasteiger partial charge is 0.123 e. The standard InChI is InChI=1S/C33H45FN4.C3H8.C2H6/c1-10-17-33(7,8)25(6)38-31(22(2)3)32(23(4)24(5)35)37-21-29(20-36-9)27-14-12-11-13-26-15-16-30(34)19-28(26)18-27;1-3-2;1-2/h10,12,14-16,18-22,31,38H,1,6,11,13,17,35H2,2-5,7-9H3;3H2,1-2H3;1-2H3/b14-12-,24-23+,27-18+,29-21-,36-20?,37-32+;;. The Labute approximate surface area is 263 Å². The fourth-order valence-corrected chi connectivity index (χ4v) is 4.26. The van der Waals surface area contributed by atoms with E-state index in [2.05, 4.69) is 77.2 Å². The van der Waals surface area contributed by atoms with Crippen molar-refractivity contribution in [3.05, 3.63) is 101 Å². The molecule has 1 aromatic rings. The van der Waals surface area contributed by atoms with E-state index in [9.17, 15) is 4.39 Å². The van der Waals surface area contributed by atoms with Gasteiger partial charge in [0.25, 0.3) is 0 Å². The van der Waals surface area contributed by atoms with E-state index in [1.54, 1.807) is 19.3 Å². The molecule has 0 fully saturated rings. The van der Waals surface area contributed by atoms with E-state index >= 15 is 0 Å². The molecule has 0 saturated carbocycles. The summed E-state index contributed by atoms with van der Waals surface area (Å²) in [4.78, 5) is 9.31. The lowest BCUT2D eigenvalue weighted by atomic mass is 9.84. The molecule has 0 amide bonds.